The summed E-state index contributed by atoms with van der Waals surface area (Å²) in [6.07, 6.45) is 8.14. The summed E-state index contributed by atoms with van der Waals surface area (Å²) in [5.41, 5.74) is 2.82. The van der Waals surface area contributed by atoms with Crippen LogP contribution >= 0.6 is 0 Å². The molecule has 1 aromatic heterocycles. The van der Waals surface area contributed by atoms with Crippen molar-refractivity contribution < 1.29 is 28.1 Å². The predicted octanol–water partition coefficient (Wildman–Crippen LogP) is 6.01. The Bertz CT molecular complexity index is 1390. The number of hydrogen-bond acceptors (Lipinski definition) is 7. The lowest BCUT2D eigenvalue weighted by atomic mass is 10.1. The summed E-state index contributed by atoms with van der Waals surface area (Å²) in [5, 5.41) is 2.84. The van der Waals surface area contributed by atoms with Crippen LogP contribution in [0.5, 0.6) is 11.5 Å². The number of nitrogens with zero attached hydrogens (tertiary/aromatic N) is 3. The Morgan fingerprint density at radius 3 is 2.62 bits per heavy atom. The molecule has 3 rings (SSSR count). The van der Waals surface area contributed by atoms with Crippen molar-refractivity contribution in [1.29, 1.82) is 0 Å². The maximum absolute atomic E-state index is 15.0. The number of benzene rings is 1. The molecule has 0 bridgehead atoms. The van der Waals surface area contributed by atoms with Crippen LogP contribution in [-0.2, 0) is 15.9 Å². The summed E-state index contributed by atoms with van der Waals surface area (Å²) in [5.74, 6) is 6.80. The Kier molecular flexibility index (Phi) is 12.1. The highest BCUT2D eigenvalue weighted by molar-refractivity contribution is 6.04. The van der Waals surface area contributed by atoms with E-state index in [-0.39, 0.29) is 17.3 Å². The molecule has 0 atom stereocenters. The first-order chi connectivity index (χ1) is 20.3. The number of urea groups is 1. The van der Waals surface area contributed by atoms with Crippen molar-refractivity contribution >= 4 is 17.7 Å². The van der Waals surface area contributed by atoms with Gasteiger partial charge in [-0.3, -0.25) is 10.2 Å². The van der Waals surface area contributed by atoms with E-state index in [4.69, 9.17) is 18.9 Å². The highest BCUT2D eigenvalue weighted by Crippen LogP contribution is 2.31. The molecular weight excluding hydrogens is 539 g/mol. The number of amidine groups is 1. The molecule has 1 aliphatic rings. The van der Waals surface area contributed by atoms with E-state index in [1.807, 2.05) is 24.3 Å². The number of aryl methyl sites for hydroxylation is 1. The number of amides is 2. The van der Waals surface area contributed by atoms with Crippen molar-refractivity contribution in [2.24, 2.45) is 4.99 Å². The number of anilines is 1. The molecule has 42 heavy (non-hydrogen) atoms. The molecule has 2 amide bonds. The zero-order valence-electron chi connectivity index (χ0n) is 25.3. The molecule has 0 radical (unpaired) electrons. The topological polar surface area (TPSA) is 94.5 Å². The van der Waals surface area contributed by atoms with E-state index in [1.54, 1.807) is 24.9 Å². The molecule has 10 heteroatoms. The SMILES string of the molecule is CCC/C=C/C(C#Cc1c(C)c(OC)cc(OC)c1F)=C\N=C(C)NC(=O)N1CCCc2ccc(C(OC)OC)nc21. The van der Waals surface area contributed by atoms with Crippen molar-refractivity contribution in [3.05, 3.63) is 70.3 Å². The van der Waals surface area contributed by atoms with Gasteiger partial charge >= 0.3 is 6.03 Å². The number of hydrogen-bond donors (Lipinski definition) is 1. The van der Waals surface area contributed by atoms with Gasteiger partial charge in [0.15, 0.2) is 11.6 Å². The summed E-state index contributed by atoms with van der Waals surface area (Å²) >= 11 is 0. The Morgan fingerprint density at radius 2 is 1.95 bits per heavy atom. The molecule has 1 aromatic carbocycles. The summed E-state index contributed by atoms with van der Waals surface area (Å²) in [7, 11) is 5.97. The lowest BCUT2D eigenvalue weighted by Crippen LogP contribution is -2.45. The fourth-order valence-corrected chi connectivity index (χ4v) is 4.38. The van der Waals surface area contributed by atoms with Crippen LogP contribution in [-0.4, -0.2) is 51.8 Å². The van der Waals surface area contributed by atoms with E-state index in [0.717, 1.165) is 31.2 Å². The summed E-state index contributed by atoms with van der Waals surface area (Å²) in [6, 6.07) is 4.94. The van der Waals surface area contributed by atoms with E-state index in [1.165, 1.54) is 34.5 Å². The number of fused-ring (bicyclic) bond motifs is 1. The predicted molar refractivity (Wildman–Crippen MR) is 162 cm³/mol. The lowest BCUT2D eigenvalue weighted by molar-refractivity contribution is -0.108. The molecule has 9 nitrogen and oxygen atoms in total. The van der Waals surface area contributed by atoms with Gasteiger partial charge in [0.05, 0.1) is 25.5 Å². The molecule has 2 aromatic rings. The third-order valence-electron chi connectivity index (χ3n) is 6.63. The standard InChI is InChI=1S/C32H39FN4O5/c1-8-9-10-12-23(14-16-25-21(2)27(39-4)19-28(40-5)29(25)33)20-34-22(3)35-32(38)37-18-11-13-24-15-17-26(36-30(24)37)31(41-6)42-7/h10,12,15,17,19-20,31H,8-9,11,13,18H2,1-7H3,(H,34,35,38)/b12-10+,23-20+. The van der Waals surface area contributed by atoms with Crippen LogP contribution in [0.25, 0.3) is 0 Å². The largest absolute Gasteiger partial charge is 0.496 e. The first kappa shape index (κ1) is 32.3. The fraction of sp³-hybridized carbons (Fsp3) is 0.406. The van der Waals surface area contributed by atoms with E-state index in [0.29, 0.717) is 40.8 Å². The lowest BCUT2D eigenvalue weighted by Gasteiger charge is -2.29. The van der Waals surface area contributed by atoms with Gasteiger partial charge in [0, 0.05) is 44.2 Å². The van der Waals surface area contributed by atoms with Gasteiger partial charge in [-0.15, -0.1) is 0 Å². The molecule has 0 saturated heterocycles. The van der Waals surface area contributed by atoms with E-state index in [2.05, 4.69) is 34.1 Å². The second kappa shape index (κ2) is 15.7. The third-order valence-corrected chi connectivity index (χ3v) is 6.63. The first-order valence-corrected chi connectivity index (χ1v) is 13.8. The molecule has 224 valence electrons. The number of nitrogens with one attached hydrogen (secondary N) is 1. The molecule has 1 aliphatic heterocycles. The quantitative estimate of drug-likeness (QED) is 0.129. The Morgan fingerprint density at radius 1 is 1.21 bits per heavy atom. The van der Waals surface area contributed by atoms with E-state index < -0.39 is 12.1 Å². The van der Waals surface area contributed by atoms with Crippen LogP contribution in [0.2, 0.25) is 0 Å². The summed E-state index contributed by atoms with van der Waals surface area (Å²) < 4.78 is 36.2. The van der Waals surface area contributed by atoms with Crippen LogP contribution in [0.3, 0.4) is 0 Å². The number of aromatic nitrogens is 1. The minimum atomic E-state index is -0.633. The van der Waals surface area contributed by atoms with Crippen LogP contribution in [0.15, 0.2) is 47.1 Å². The van der Waals surface area contributed by atoms with Gasteiger partial charge in [-0.1, -0.05) is 37.3 Å². The first-order valence-electron chi connectivity index (χ1n) is 13.8. The number of aliphatic imine (C=N–C) groups is 1. The maximum atomic E-state index is 15.0. The van der Waals surface area contributed by atoms with Gasteiger partial charge in [-0.2, -0.15) is 0 Å². The van der Waals surface area contributed by atoms with Crippen LogP contribution in [0.1, 0.15) is 61.8 Å². The smallest absolute Gasteiger partial charge is 0.328 e. The molecule has 0 fully saturated rings. The van der Waals surface area contributed by atoms with Crippen molar-refractivity contribution in [2.75, 3.05) is 39.9 Å². The van der Waals surface area contributed by atoms with Crippen molar-refractivity contribution in [1.82, 2.24) is 10.3 Å². The molecule has 0 saturated carbocycles. The van der Waals surface area contributed by atoms with Gasteiger partial charge in [0.1, 0.15) is 17.4 Å². The normalized spacial score (nSPS) is 13.6. The molecular formula is C32H39FN4O5. The maximum Gasteiger partial charge on any atom is 0.328 e. The van der Waals surface area contributed by atoms with Gasteiger partial charge < -0.3 is 18.9 Å². The number of carbonyl (C=O) groups is 1. The van der Waals surface area contributed by atoms with E-state index >= 15 is 4.39 Å². The highest BCUT2D eigenvalue weighted by atomic mass is 19.1. The highest BCUT2D eigenvalue weighted by Gasteiger charge is 2.26. The zero-order valence-corrected chi connectivity index (χ0v) is 25.3. The van der Waals surface area contributed by atoms with E-state index in [9.17, 15) is 4.79 Å². The number of unbranched alkanes of at least 4 members (excludes halogenated alkanes) is 1. The zero-order chi connectivity index (χ0) is 30.6. The monoisotopic (exact) mass is 578 g/mol. The number of pyridine rings is 1. The Balaban J connectivity index is 1.88. The number of allylic oxidation sites excluding steroid dienone is 3. The van der Waals surface area contributed by atoms with Gasteiger partial charge in [0.2, 0.25) is 6.29 Å². The Hall–Kier alpha value is -4.20. The van der Waals surface area contributed by atoms with Crippen molar-refractivity contribution in [3.63, 3.8) is 0 Å². The minimum absolute atomic E-state index is 0.0474. The van der Waals surface area contributed by atoms with Gasteiger partial charge in [0.25, 0.3) is 0 Å². The number of carbonyl (C=O) groups excluding carboxylic acids is 1. The van der Waals surface area contributed by atoms with Crippen LogP contribution in [0.4, 0.5) is 15.0 Å². The van der Waals surface area contributed by atoms with Gasteiger partial charge in [-0.05, 0) is 50.8 Å². The Labute approximate surface area is 247 Å². The molecule has 0 spiro atoms. The number of methoxy groups -OCH3 is 4. The van der Waals surface area contributed by atoms with Crippen LogP contribution in [0, 0.1) is 24.6 Å². The van der Waals surface area contributed by atoms with Gasteiger partial charge in [-0.25, -0.2) is 19.2 Å². The second-order valence-corrected chi connectivity index (χ2v) is 9.54. The molecule has 0 aliphatic carbocycles. The second-order valence-electron chi connectivity index (χ2n) is 9.54. The summed E-state index contributed by atoms with van der Waals surface area (Å²) in [4.78, 5) is 23.9. The molecule has 0 unspecified atom stereocenters. The van der Waals surface area contributed by atoms with Crippen LogP contribution < -0.4 is 19.7 Å². The number of rotatable bonds is 9. The molecule has 2 heterocycles. The molecule has 1 N–H and O–H groups in total. The number of ether oxygens (including phenoxy) is 4. The minimum Gasteiger partial charge on any atom is -0.496 e. The number of halogens is 1. The third kappa shape index (κ3) is 7.96. The van der Waals surface area contributed by atoms with Crippen molar-refractivity contribution in [2.45, 2.75) is 52.7 Å². The average Bonchev–Trinajstić information content (AvgIpc) is 2.99. The average molecular weight is 579 g/mol. The summed E-state index contributed by atoms with van der Waals surface area (Å²) in [6.45, 7) is 6.00. The van der Waals surface area contributed by atoms with Crippen molar-refractivity contribution in [3.8, 4) is 23.3 Å². The fourth-order valence-electron chi connectivity index (χ4n) is 4.38.